The molecule has 4 aliphatic rings. The highest BCUT2D eigenvalue weighted by Gasteiger charge is 2.53. The van der Waals surface area contributed by atoms with E-state index < -0.39 is 83.9 Å². The van der Waals surface area contributed by atoms with Gasteiger partial charge in [-0.1, -0.05) is 71.1 Å². The Bertz CT molecular complexity index is 1900. The number of Topliss-reactive ketones (excluding diaryl/α,β-unsaturated/α-hetero) is 3. The molecule has 1 saturated carbocycles. The summed E-state index contributed by atoms with van der Waals surface area (Å²) >= 11 is 0. The number of allylic oxidation sites excluding steroid dienone is 6. The smallest absolute Gasteiger partial charge is 0.329 e. The molecule has 1 aliphatic carbocycles. The molecule has 0 spiro atoms. The lowest BCUT2D eigenvalue weighted by Gasteiger charge is -2.43. The third-order valence-corrected chi connectivity index (χ3v) is 15.4. The quantitative estimate of drug-likeness (QED) is 0.0723. The van der Waals surface area contributed by atoms with Crippen LogP contribution in [0.5, 0.6) is 0 Å². The lowest BCUT2D eigenvalue weighted by atomic mass is 9.78. The van der Waals surface area contributed by atoms with E-state index in [1.165, 1.54) is 12.0 Å². The molecule has 0 aromatic heterocycles. The Hall–Kier alpha value is -3.49. The van der Waals surface area contributed by atoms with E-state index in [1.807, 2.05) is 58.1 Å². The summed E-state index contributed by atoms with van der Waals surface area (Å²) in [6.07, 6.45) is 10.6. The van der Waals surface area contributed by atoms with E-state index in [-0.39, 0.29) is 74.4 Å². The number of hydrogen-bond acceptors (Lipinski definition) is 16. The predicted molar refractivity (Wildman–Crippen MR) is 275 cm³/mol. The Kier molecular flexibility index (Phi) is 26.3. The molecular weight excluding hydrogens is 941 g/mol. The molecule has 2 saturated heterocycles. The Balaban J connectivity index is 1.69. The number of esters is 1. The third kappa shape index (κ3) is 18.4. The zero-order valence-corrected chi connectivity index (χ0v) is 45.2. The molecule has 2 bridgehead atoms. The topological polar surface area (TPSA) is 240 Å². The van der Waals surface area contributed by atoms with E-state index in [0.717, 1.165) is 5.57 Å². The molecular formula is C56H90N2O15. The van der Waals surface area contributed by atoms with Crippen molar-refractivity contribution in [1.82, 2.24) is 4.90 Å². The number of piperidine rings is 1. The van der Waals surface area contributed by atoms with E-state index in [9.17, 15) is 39.3 Å². The van der Waals surface area contributed by atoms with Gasteiger partial charge < -0.3 is 59.1 Å². The average Bonchev–Trinajstić information content (AvgIpc) is 3.37. The Morgan fingerprint density at radius 3 is 2.25 bits per heavy atom. The maximum atomic E-state index is 14.5. The molecule has 0 aromatic carbocycles. The maximum Gasteiger partial charge on any atom is 0.329 e. The second kappa shape index (κ2) is 30.9. The monoisotopic (exact) mass is 1030 g/mol. The first-order chi connectivity index (χ1) is 34.7. The van der Waals surface area contributed by atoms with Crippen molar-refractivity contribution in [2.24, 2.45) is 41.2 Å². The number of nitrogens with zero attached hydrogens (tertiary/aromatic N) is 1. The van der Waals surface area contributed by atoms with Crippen molar-refractivity contribution in [2.45, 2.75) is 180 Å². The number of ketones is 3. The molecule has 5 N–H and O–H groups in total. The first-order valence-corrected chi connectivity index (χ1v) is 26.9. The Morgan fingerprint density at radius 2 is 1.55 bits per heavy atom. The highest BCUT2D eigenvalue weighted by Crippen LogP contribution is 2.38. The minimum atomic E-state index is -2.48. The second-order valence-corrected chi connectivity index (χ2v) is 21.2. The number of nitrogens with two attached hydrogens (primary N) is 1. The number of ether oxygens (including phenoxy) is 7. The van der Waals surface area contributed by atoms with Gasteiger partial charge in [-0.15, -0.1) is 0 Å². The standard InChI is InChI=1S/C56H90N2O15/c1-35-15-11-10-12-16-36(2)47(71-28-27-70-26-25-69-24-22-57)33-43-20-18-41(7)56(66,73-43)53(63)54(64)58-23-14-13-17-44(58)55(65)72-48(38(4)31-42-19-21-45(59)49(32-42)67-8)34-46(60)37(3)30-40(6)51(62)52(68-9)50(61)39(5)29-35/h10-12,15-16,30,35,37-39,41-45,47-49,51-52,59,62,66H,13-14,17-29,31-34,57H2,1-9H3/b12-10+,15-11+,36-16+,40-30+/t35-,37-,38-,39-,41-,42+,43+,44+,45-,47+,48+,49-,51-,52+,56-/m1/s1. The predicted octanol–water partition coefficient (Wildman–Crippen LogP) is 5.54. The van der Waals surface area contributed by atoms with Crippen LogP contribution in [0.25, 0.3) is 0 Å². The van der Waals surface area contributed by atoms with Crippen LogP contribution in [0, 0.1) is 35.5 Å². The highest BCUT2D eigenvalue weighted by atomic mass is 16.6. The lowest BCUT2D eigenvalue weighted by molar-refractivity contribution is -0.266. The molecule has 17 nitrogen and oxygen atoms in total. The molecule has 1 amide bonds. The fraction of sp³-hybridized carbons (Fsp3) is 0.768. The summed E-state index contributed by atoms with van der Waals surface area (Å²) in [6, 6.07) is -1.17. The number of hydrogen-bond donors (Lipinski definition) is 4. The van der Waals surface area contributed by atoms with Crippen molar-refractivity contribution >= 4 is 29.2 Å². The first kappa shape index (κ1) is 62.1. The highest BCUT2D eigenvalue weighted by molar-refractivity contribution is 6.39. The van der Waals surface area contributed by atoms with Gasteiger partial charge in [0.1, 0.15) is 30.1 Å². The van der Waals surface area contributed by atoms with Gasteiger partial charge in [0.15, 0.2) is 5.78 Å². The van der Waals surface area contributed by atoms with Crippen LogP contribution >= 0.6 is 0 Å². The molecule has 0 unspecified atom stereocenters. The minimum Gasteiger partial charge on any atom is -0.460 e. The summed E-state index contributed by atoms with van der Waals surface area (Å²) in [5.74, 6) is -8.25. The van der Waals surface area contributed by atoms with E-state index >= 15 is 0 Å². The van der Waals surface area contributed by atoms with Gasteiger partial charge in [-0.2, -0.15) is 0 Å². The summed E-state index contributed by atoms with van der Waals surface area (Å²) in [6.45, 7) is 14.8. The number of aliphatic hydroxyl groups is 3. The number of carbonyl (C=O) groups excluding carboxylic acids is 5. The zero-order valence-electron chi connectivity index (χ0n) is 45.2. The van der Waals surface area contributed by atoms with Gasteiger partial charge in [0, 0.05) is 57.9 Å². The molecule has 73 heavy (non-hydrogen) atoms. The van der Waals surface area contributed by atoms with E-state index in [2.05, 4.69) is 0 Å². The fourth-order valence-electron chi connectivity index (χ4n) is 10.7. The Morgan fingerprint density at radius 1 is 0.836 bits per heavy atom. The number of rotatable bonds is 14. The third-order valence-electron chi connectivity index (χ3n) is 15.4. The van der Waals surface area contributed by atoms with Crippen LogP contribution in [-0.2, 0) is 57.1 Å². The molecule has 17 heteroatoms. The molecule has 3 aliphatic heterocycles. The largest absolute Gasteiger partial charge is 0.460 e. The van der Waals surface area contributed by atoms with Gasteiger partial charge in [0.05, 0.1) is 57.5 Å². The van der Waals surface area contributed by atoms with Gasteiger partial charge in [0.2, 0.25) is 5.79 Å². The minimum absolute atomic E-state index is 0.0130. The number of cyclic esters (lactones) is 1. The summed E-state index contributed by atoms with van der Waals surface area (Å²) in [7, 11) is 2.94. The maximum absolute atomic E-state index is 14.5. The normalized spacial score (nSPS) is 37.3. The lowest BCUT2D eigenvalue weighted by Crippen LogP contribution is -2.61. The van der Waals surface area contributed by atoms with Crippen molar-refractivity contribution < 1.29 is 72.5 Å². The zero-order chi connectivity index (χ0) is 53.8. The van der Waals surface area contributed by atoms with Gasteiger partial charge in [-0.25, -0.2) is 4.79 Å². The van der Waals surface area contributed by atoms with Gasteiger partial charge in [-0.05, 0) is 107 Å². The molecule has 3 heterocycles. The van der Waals surface area contributed by atoms with E-state index in [1.54, 1.807) is 34.0 Å². The van der Waals surface area contributed by atoms with Crippen molar-refractivity contribution in [1.29, 1.82) is 0 Å². The van der Waals surface area contributed by atoms with Crippen LogP contribution in [-0.4, -0.2) is 164 Å². The molecule has 4 rings (SSSR count). The molecule has 15 atom stereocenters. The summed E-state index contributed by atoms with van der Waals surface area (Å²) in [5.41, 5.74) is 6.72. The number of carbonyl (C=O) groups is 5. The van der Waals surface area contributed by atoms with E-state index in [0.29, 0.717) is 89.7 Å². The van der Waals surface area contributed by atoms with Gasteiger partial charge in [-0.3, -0.25) is 19.2 Å². The van der Waals surface area contributed by atoms with Crippen molar-refractivity contribution in [2.75, 3.05) is 60.3 Å². The van der Waals surface area contributed by atoms with Crippen molar-refractivity contribution in [3.63, 3.8) is 0 Å². The van der Waals surface area contributed by atoms with Crippen molar-refractivity contribution in [3.8, 4) is 0 Å². The number of aliphatic hydroxyl groups excluding tert-OH is 2. The molecule has 3 fully saturated rings. The van der Waals surface area contributed by atoms with Gasteiger partial charge in [0.25, 0.3) is 11.7 Å². The summed E-state index contributed by atoms with van der Waals surface area (Å²) in [5, 5.41) is 34.2. The summed E-state index contributed by atoms with van der Waals surface area (Å²) in [4.78, 5) is 72.5. The molecule has 414 valence electrons. The van der Waals surface area contributed by atoms with Crippen LogP contribution in [0.15, 0.2) is 47.6 Å². The van der Waals surface area contributed by atoms with Crippen LogP contribution in [0.3, 0.4) is 0 Å². The summed E-state index contributed by atoms with van der Waals surface area (Å²) < 4.78 is 41.2. The van der Waals surface area contributed by atoms with E-state index in [4.69, 9.17) is 38.9 Å². The number of methoxy groups -OCH3 is 2. The SMILES string of the molecule is CO[C@@H]1C[C@H](C[C@@H](C)[C@@H]2CC(=O)[C@H](C)/C=C(\C)[C@@H](O)[C@@H](OC)C(=O)[C@H](C)C[C@H](C)/C=C/C=C/C=C(\C)[C@@H](OCCOCCOCCN)C[C@@H]3CC[C@@H](C)[C@@](O)(O3)C(=O)C(=O)N3CCCC[C@H]3C(=O)O2)CC[C@H]1O. The van der Waals surface area contributed by atoms with Crippen molar-refractivity contribution in [3.05, 3.63) is 47.6 Å². The molecule has 0 aromatic rings. The Labute approximate surface area is 434 Å². The van der Waals surface area contributed by atoms with Crippen LogP contribution in [0.1, 0.15) is 126 Å². The van der Waals surface area contributed by atoms with Crippen LogP contribution in [0.2, 0.25) is 0 Å². The second-order valence-electron chi connectivity index (χ2n) is 21.2. The average molecular weight is 1030 g/mol. The van der Waals surface area contributed by atoms with Gasteiger partial charge >= 0.3 is 5.97 Å². The molecule has 0 radical (unpaired) electrons. The first-order valence-electron chi connectivity index (χ1n) is 26.9. The number of fused-ring (bicyclic) bond motifs is 3. The van der Waals surface area contributed by atoms with Crippen LogP contribution < -0.4 is 5.73 Å². The van der Waals surface area contributed by atoms with Crippen LogP contribution in [0.4, 0.5) is 0 Å². The fourth-order valence-corrected chi connectivity index (χ4v) is 10.7. The number of amides is 1.